The molecule has 4 rings (SSSR count). The zero-order chi connectivity index (χ0) is 25.3. The quantitative estimate of drug-likeness (QED) is 0.541. The van der Waals surface area contributed by atoms with Crippen molar-refractivity contribution >= 4 is 11.7 Å². The predicted molar refractivity (Wildman–Crippen MR) is 121 cm³/mol. The van der Waals surface area contributed by atoms with Gasteiger partial charge in [-0.2, -0.15) is 13.2 Å². The molecule has 1 amide bonds. The van der Waals surface area contributed by atoms with E-state index in [9.17, 15) is 23.1 Å². The Labute approximate surface area is 201 Å². The number of aryl methyl sites for hydroxylation is 1. The fourth-order valence-corrected chi connectivity index (χ4v) is 4.51. The van der Waals surface area contributed by atoms with Crippen molar-refractivity contribution in [2.24, 2.45) is 0 Å². The molecule has 11 heteroatoms. The maximum absolute atomic E-state index is 13.4. The number of alkyl halides is 3. The first-order valence-electron chi connectivity index (χ1n) is 11.5. The molecule has 1 aliphatic carbocycles. The van der Waals surface area contributed by atoms with Gasteiger partial charge in [-0.3, -0.25) is 4.79 Å². The van der Waals surface area contributed by atoms with Crippen LogP contribution in [0.25, 0.3) is 0 Å². The average molecular weight is 495 g/mol. The second-order valence-corrected chi connectivity index (χ2v) is 9.00. The van der Waals surface area contributed by atoms with Crippen molar-refractivity contribution in [2.45, 2.75) is 70.7 Å². The topological polar surface area (TPSA) is 106 Å². The van der Waals surface area contributed by atoms with Crippen LogP contribution < -0.4 is 10.6 Å². The molecule has 2 heterocycles. The molecule has 1 aliphatic heterocycles. The van der Waals surface area contributed by atoms with Gasteiger partial charge in [0.15, 0.2) is 6.29 Å². The minimum Gasteiger partial charge on any atom is -0.393 e. The van der Waals surface area contributed by atoms with E-state index in [1.54, 1.807) is 19.9 Å². The maximum atomic E-state index is 13.4. The van der Waals surface area contributed by atoms with Crippen molar-refractivity contribution in [2.75, 3.05) is 18.5 Å². The molecule has 0 spiro atoms. The van der Waals surface area contributed by atoms with Gasteiger partial charge in [-0.15, -0.1) is 0 Å². The number of aliphatic hydroxyl groups is 1. The lowest BCUT2D eigenvalue weighted by Gasteiger charge is -2.32. The SMILES string of the molecule is Cc1nc(CC(=O)NC2CC(O)C2)c(C2OCCO2)c(N[C@H](C)c2cccc(C(F)(F)F)c2C)n1. The Balaban J connectivity index is 1.63. The summed E-state index contributed by atoms with van der Waals surface area (Å²) in [6, 6.07) is 3.46. The summed E-state index contributed by atoms with van der Waals surface area (Å²) in [6.07, 6.45) is -4.69. The Morgan fingerprint density at radius 1 is 1.20 bits per heavy atom. The van der Waals surface area contributed by atoms with Gasteiger partial charge >= 0.3 is 6.18 Å². The van der Waals surface area contributed by atoms with E-state index < -0.39 is 30.2 Å². The molecule has 8 nitrogen and oxygen atoms in total. The molecule has 35 heavy (non-hydrogen) atoms. The first-order valence-corrected chi connectivity index (χ1v) is 11.5. The van der Waals surface area contributed by atoms with Crippen LogP contribution in [-0.4, -0.2) is 46.3 Å². The number of rotatable bonds is 7. The van der Waals surface area contributed by atoms with Crippen molar-refractivity contribution in [3.8, 4) is 0 Å². The van der Waals surface area contributed by atoms with Gasteiger partial charge in [0.2, 0.25) is 5.91 Å². The van der Waals surface area contributed by atoms with Gasteiger partial charge < -0.3 is 25.2 Å². The van der Waals surface area contributed by atoms with Crippen molar-refractivity contribution in [1.82, 2.24) is 15.3 Å². The summed E-state index contributed by atoms with van der Waals surface area (Å²) in [6.45, 7) is 5.57. The van der Waals surface area contributed by atoms with E-state index in [0.29, 0.717) is 54.5 Å². The molecule has 190 valence electrons. The molecule has 1 aromatic carbocycles. The Hall–Kier alpha value is -2.76. The van der Waals surface area contributed by atoms with Crippen LogP contribution in [0.4, 0.5) is 19.0 Å². The van der Waals surface area contributed by atoms with Gasteiger partial charge in [0.25, 0.3) is 0 Å². The van der Waals surface area contributed by atoms with Gasteiger partial charge in [-0.1, -0.05) is 12.1 Å². The zero-order valence-electron chi connectivity index (χ0n) is 19.8. The highest BCUT2D eigenvalue weighted by Gasteiger charge is 2.34. The third-order valence-corrected chi connectivity index (χ3v) is 6.30. The van der Waals surface area contributed by atoms with Crippen molar-refractivity contribution in [1.29, 1.82) is 0 Å². The zero-order valence-corrected chi connectivity index (χ0v) is 19.8. The number of aromatic nitrogens is 2. The van der Waals surface area contributed by atoms with Crippen molar-refractivity contribution in [3.05, 3.63) is 52.0 Å². The Bertz CT molecular complexity index is 1080. The molecule has 2 aliphatic rings. The number of halogens is 3. The first-order chi connectivity index (χ1) is 16.5. The Kier molecular flexibility index (Phi) is 7.30. The van der Waals surface area contributed by atoms with E-state index in [-0.39, 0.29) is 23.9 Å². The monoisotopic (exact) mass is 494 g/mol. The fourth-order valence-electron chi connectivity index (χ4n) is 4.51. The van der Waals surface area contributed by atoms with Crippen LogP contribution in [0.15, 0.2) is 18.2 Å². The first kappa shape index (κ1) is 25.3. The lowest BCUT2D eigenvalue weighted by Crippen LogP contribution is -2.47. The van der Waals surface area contributed by atoms with Crippen LogP contribution >= 0.6 is 0 Å². The smallest absolute Gasteiger partial charge is 0.393 e. The minimum absolute atomic E-state index is 0.0554. The van der Waals surface area contributed by atoms with Gasteiger partial charge in [0, 0.05) is 6.04 Å². The van der Waals surface area contributed by atoms with Crippen LogP contribution in [0.5, 0.6) is 0 Å². The van der Waals surface area contributed by atoms with E-state index in [2.05, 4.69) is 20.6 Å². The van der Waals surface area contributed by atoms with Crippen molar-refractivity contribution in [3.63, 3.8) is 0 Å². The number of carbonyl (C=O) groups is 1. The van der Waals surface area contributed by atoms with Gasteiger partial charge in [-0.25, -0.2) is 9.97 Å². The number of nitrogens with one attached hydrogen (secondary N) is 2. The van der Waals surface area contributed by atoms with E-state index in [4.69, 9.17) is 9.47 Å². The number of benzene rings is 1. The summed E-state index contributed by atoms with van der Waals surface area (Å²) in [5.74, 6) is 0.478. The molecule has 1 atom stereocenters. The highest BCUT2D eigenvalue weighted by atomic mass is 19.4. The molecule has 0 bridgehead atoms. The molecule has 0 unspecified atom stereocenters. The molecule has 2 fully saturated rings. The lowest BCUT2D eigenvalue weighted by molar-refractivity contribution is -0.138. The second kappa shape index (κ2) is 10.1. The van der Waals surface area contributed by atoms with Crippen LogP contribution in [0.3, 0.4) is 0 Å². The third kappa shape index (κ3) is 5.74. The van der Waals surface area contributed by atoms with Crippen molar-refractivity contribution < 1.29 is 32.5 Å². The van der Waals surface area contributed by atoms with E-state index in [1.165, 1.54) is 13.0 Å². The number of hydrogen-bond donors (Lipinski definition) is 3. The Morgan fingerprint density at radius 3 is 2.51 bits per heavy atom. The van der Waals surface area contributed by atoms with Gasteiger partial charge in [-0.05, 0) is 50.8 Å². The molecule has 1 saturated heterocycles. The maximum Gasteiger partial charge on any atom is 0.416 e. The highest BCUT2D eigenvalue weighted by molar-refractivity contribution is 5.79. The number of ether oxygens (including phenoxy) is 2. The molecule has 3 N–H and O–H groups in total. The van der Waals surface area contributed by atoms with Crippen LogP contribution in [0.1, 0.15) is 65.9 Å². The van der Waals surface area contributed by atoms with E-state index in [0.717, 1.165) is 6.07 Å². The highest BCUT2D eigenvalue weighted by Crippen LogP contribution is 2.37. The number of nitrogens with zero attached hydrogens (tertiary/aromatic N) is 2. The summed E-state index contributed by atoms with van der Waals surface area (Å²) in [5.41, 5.74) is 0.774. The minimum atomic E-state index is -4.46. The number of aliphatic hydroxyl groups excluding tert-OH is 1. The molecular weight excluding hydrogens is 465 g/mol. The number of amides is 1. The molecular formula is C24H29F3N4O4. The van der Waals surface area contributed by atoms with Crippen LogP contribution in [-0.2, 0) is 26.9 Å². The summed E-state index contributed by atoms with van der Waals surface area (Å²) in [5, 5.41) is 15.5. The summed E-state index contributed by atoms with van der Waals surface area (Å²) in [7, 11) is 0. The number of hydrogen-bond acceptors (Lipinski definition) is 7. The molecule has 2 aromatic rings. The van der Waals surface area contributed by atoms with E-state index >= 15 is 0 Å². The standard InChI is InChI=1S/C24H29F3N4O4/c1-12-17(5-4-6-18(12)24(25,26)27)13(2)28-22-21(23-34-7-8-35-23)19(29-14(3)30-22)11-20(33)31-15-9-16(32)10-15/h4-6,13,15-16,23,32H,7-11H2,1-3H3,(H,31,33)(H,28,29,30)/t13-,15?,16?/m1/s1. The average Bonchev–Trinajstić information content (AvgIpc) is 3.26. The van der Waals surface area contributed by atoms with E-state index in [1.807, 2.05) is 0 Å². The third-order valence-electron chi connectivity index (χ3n) is 6.30. The summed E-state index contributed by atoms with van der Waals surface area (Å²) >= 11 is 0. The molecule has 1 saturated carbocycles. The van der Waals surface area contributed by atoms with Crippen LogP contribution in [0, 0.1) is 13.8 Å². The molecule has 0 radical (unpaired) electrons. The number of carbonyl (C=O) groups excluding carboxylic acids is 1. The van der Waals surface area contributed by atoms with Gasteiger partial charge in [0.05, 0.1) is 48.6 Å². The normalized spacial score (nSPS) is 21.5. The second-order valence-electron chi connectivity index (χ2n) is 9.00. The lowest BCUT2D eigenvalue weighted by atomic mass is 9.89. The summed E-state index contributed by atoms with van der Waals surface area (Å²) < 4.78 is 51.7. The van der Waals surface area contributed by atoms with Crippen LogP contribution in [0.2, 0.25) is 0 Å². The number of anilines is 1. The fraction of sp³-hybridized carbons (Fsp3) is 0.542. The molecule has 1 aromatic heterocycles. The van der Waals surface area contributed by atoms with Gasteiger partial charge in [0.1, 0.15) is 11.6 Å². The Morgan fingerprint density at radius 2 is 1.89 bits per heavy atom. The largest absolute Gasteiger partial charge is 0.416 e. The predicted octanol–water partition coefficient (Wildman–Crippen LogP) is 3.51. The summed E-state index contributed by atoms with van der Waals surface area (Å²) in [4.78, 5) is 21.6.